The van der Waals surface area contributed by atoms with E-state index in [0.717, 1.165) is 32.2 Å². The van der Waals surface area contributed by atoms with E-state index < -0.39 is 0 Å². The zero-order valence-corrected chi connectivity index (χ0v) is 10.7. The lowest BCUT2D eigenvalue weighted by Gasteiger charge is -2.16. The normalized spacial score (nSPS) is 21.5. The summed E-state index contributed by atoms with van der Waals surface area (Å²) in [4.78, 5) is 0. The zero-order valence-electron chi connectivity index (χ0n) is 10.7. The van der Waals surface area contributed by atoms with Crippen LogP contribution in [0.1, 0.15) is 26.2 Å². The molecule has 0 aromatic heterocycles. The number of hydrogen-bond acceptors (Lipinski definition) is 3. The molecule has 0 saturated carbocycles. The Morgan fingerprint density at radius 2 is 2.31 bits per heavy atom. The Morgan fingerprint density at radius 1 is 1.44 bits per heavy atom. The van der Waals surface area contributed by atoms with Gasteiger partial charge in [0.05, 0.1) is 6.61 Å². The van der Waals surface area contributed by atoms with Crippen LogP contribution in [0.2, 0.25) is 0 Å². The molecule has 2 atom stereocenters. The zero-order chi connectivity index (χ0) is 11.6. The first-order valence-electron chi connectivity index (χ1n) is 6.42. The number of nitrogens with one attached hydrogen (secondary N) is 2. The lowest BCUT2D eigenvalue weighted by atomic mass is 10.1. The van der Waals surface area contributed by atoms with Crippen LogP contribution < -0.4 is 10.6 Å². The minimum atomic E-state index is 0.544. The second-order valence-electron chi connectivity index (χ2n) is 4.61. The van der Waals surface area contributed by atoms with Gasteiger partial charge in [0, 0.05) is 26.2 Å². The molecule has 0 spiro atoms. The van der Waals surface area contributed by atoms with Crippen LogP contribution >= 0.6 is 0 Å². The highest BCUT2D eigenvalue weighted by Crippen LogP contribution is 2.19. The van der Waals surface area contributed by atoms with Crippen LogP contribution in [-0.2, 0) is 4.74 Å². The average molecular weight is 226 g/mol. The highest BCUT2D eigenvalue weighted by Gasteiger charge is 2.09. The van der Waals surface area contributed by atoms with E-state index in [1.165, 1.54) is 19.3 Å². The highest BCUT2D eigenvalue weighted by atomic mass is 16.5. The van der Waals surface area contributed by atoms with Gasteiger partial charge in [0.2, 0.25) is 0 Å². The molecule has 0 aromatic carbocycles. The molecule has 1 aliphatic carbocycles. The predicted octanol–water partition coefficient (Wildman–Crippen LogP) is 1.56. The molecule has 0 fully saturated rings. The molecule has 0 bridgehead atoms. The first-order valence-corrected chi connectivity index (χ1v) is 6.42. The third-order valence-corrected chi connectivity index (χ3v) is 3.05. The minimum absolute atomic E-state index is 0.544. The van der Waals surface area contributed by atoms with Crippen molar-refractivity contribution in [3.8, 4) is 0 Å². The van der Waals surface area contributed by atoms with Gasteiger partial charge in [-0.15, -0.1) is 0 Å². The minimum Gasteiger partial charge on any atom is -0.383 e. The van der Waals surface area contributed by atoms with Crippen LogP contribution in [0, 0.1) is 5.92 Å². The molecule has 0 radical (unpaired) electrons. The van der Waals surface area contributed by atoms with Crippen molar-refractivity contribution < 1.29 is 4.74 Å². The third kappa shape index (κ3) is 6.26. The number of ether oxygens (including phenoxy) is 1. The second-order valence-corrected chi connectivity index (χ2v) is 4.61. The van der Waals surface area contributed by atoms with Crippen LogP contribution in [0.4, 0.5) is 0 Å². The summed E-state index contributed by atoms with van der Waals surface area (Å²) in [6, 6.07) is 0.544. The maximum atomic E-state index is 4.98. The van der Waals surface area contributed by atoms with Crippen molar-refractivity contribution in [1.82, 2.24) is 10.6 Å². The molecule has 94 valence electrons. The van der Waals surface area contributed by atoms with Gasteiger partial charge in [-0.05, 0) is 38.6 Å². The summed E-state index contributed by atoms with van der Waals surface area (Å²) < 4.78 is 4.98. The van der Waals surface area contributed by atoms with E-state index in [0.29, 0.717) is 6.04 Å². The maximum Gasteiger partial charge on any atom is 0.0587 e. The summed E-state index contributed by atoms with van der Waals surface area (Å²) in [7, 11) is 1.73. The van der Waals surface area contributed by atoms with Crippen LogP contribution in [0.15, 0.2) is 12.2 Å². The summed E-state index contributed by atoms with van der Waals surface area (Å²) >= 11 is 0. The summed E-state index contributed by atoms with van der Waals surface area (Å²) in [5.41, 5.74) is 0. The first kappa shape index (κ1) is 13.7. The third-order valence-electron chi connectivity index (χ3n) is 3.05. The van der Waals surface area contributed by atoms with Crippen molar-refractivity contribution in [1.29, 1.82) is 0 Å². The molecule has 0 amide bonds. The molecular formula is C13H26N2O. The van der Waals surface area contributed by atoms with Crippen LogP contribution in [0.5, 0.6) is 0 Å². The van der Waals surface area contributed by atoms with E-state index in [9.17, 15) is 0 Å². The summed E-state index contributed by atoms with van der Waals surface area (Å²) in [6.45, 7) is 6.10. The molecule has 0 aliphatic heterocycles. The van der Waals surface area contributed by atoms with Gasteiger partial charge >= 0.3 is 0 Å². The molecule has 1 rings (SSSR count). The lowest BCUT2D eigenvalue weighted by molar-refractivity contribution is 0.198. The van der Waals surface area contributed by atoms with E-state index in [-0.39, 0.29) is 0 Å². The van der Waals surface area contributed by atoms with E-state index in [4.69, 9.17) is 4.74 Å². The maximum absolute atomic E-state index is 4.98. The molecule has 16 heavy (non-hydrogen) atoms. The first-order chi connectivity index (χ1) is 7.83. The molecule has 3 nitrogen and oxygen atoms in total. The van der Waals surface area contributed by atoms with Crippen LogP contribution in [0.25, 0.3) is 0 Å². The highest BCUT2D eigenvalue weighted by molar-refractivity contribution is 4.96. The van der Waals surface area contributed by atoms with Gasteiger partial charge in [-0.2, -0.15) is 0 Å². The number of hydrogen-bond donors (Lipinski definition) is 2. The Balaban J connectivity index is 1.89. The molecular weight excluding hydrogens is 200 g/mol. The van der Waals surface area contributed by atoms with Gasteiger partial charge < -0.3 is 15.4 Å². The van der Waals surface area contributed by atoms with Crippen molar-refractivity contribution in [2.24, 2.45) is 5.92 Å². The Hall–Kier alpha value is -0.380. The van der Waals surface area contributed by atoms with Crippen molar-refractivity contribution in [3.63, 3.8) is 0 Å². The summed E-state index contributed by atoms with van der Waals surface area (Å²) in [5, 5.41) is 6.91. The fourth-order valence-electron chi connectivity index (χ4n) is 2.02. The molecule has 3 heteroatoms. The molecule has 0 saturated heterocycles. The topological polar surface area (TPSA) is 33.3 Å². The Morgan fingerprint density at radius 3 is 3.00 bits per heavy atom. The second kappa shape index (κ2) is 8.74. The molecule has 0 heterocycles. The van der Waals surface area contributed by atoms with Gasteiger partial charge in [0.1, 0.15) is 0 Å². The number of rotatable bonds is 9. The number of methoxy groups -OCH3 is 1. The van der Waals surface area contributed by atoms with Gasteiger partial charge in [-0.1, -0.05) is 12.2 Å². The fraction of sp³-hybridized carbons (Fsp3) is 0.846. The van der Waals surface area contributed by atoms with Gasteiger partial charge in [-0.3, -0.25) is 0 Å². The average Bonchev–Trinajstić information content (AvgIpc) is 2.77. The van der Waals surface area contributed by atoms with Crippen molar-refractivity contribution in [3.05, 3.63) is 12.2 Å². The predicted molar refractivity (Wildman–Crippen MR) is 68.7 cm³/mol. The van der Waals surface area contributed by atoms with Crippen molar-refractivity contribution in [2.45, 2.75) is 32.2 Å². The Labute approximate surface area is 99.6 Å². The largest absolute Gasteiger partial charge is 0.383 e. The monoisotopic (exact) mass is 226 g/mol. The molecule has 2 unspecified atom stereocenters. The van der Waals surface area contributed by atoms with E-state index >= 15 is 0 Å². The Kier molecular flexibility index (Phi) is 7.47. The standard InChI is InChI=1S/C13H26N2O/c1-12(11-14-9-10-16-2)15-8-7-13-5-3-4-6-13/h3,5,12-15H,4,6-11H2,1-2H3. The van der Waals surface area contributed by atoms with Gasteiger partial charge in [0.25, 0.3) is 0 Å². The Bertz CT molecular complexity index is 194. The van der Waals surface area contributed by atoms with Crippen LogP contribution in [-0.4, -0.2) is 39.4 Å². The summed E-state index contributed by atoms with van der Waals surface area (Å²) in [5.74, 6) is 0.821. The quantitative estimate of drug-likeness (QED) is 0.462. The van der Waals surface area contributed by atoms with Crippen LogP contribution in [0.3, 0.4) is 0 Å². The fourth-order valence-corrected chi connectivity index (χ4v) is 2.02. The van der Waals surface area contributed by atoms with Crippen molar-refractivity contribution in [2.75, 3.05) is 33.4 Å². The van der Waals surface area contributed by atoms with Gasteiger partial charge in [0.15, 0.2) is 0 Å². The smallest absolute Gasteiger partial charge is 0.0587 e. The van der Waals surface area contributed by atoms with Crippen molar-refractivity contribution >= 4 is 0 Å². The molecule has 1 aliphatic rings. The van der Waals surface area contributed by atoms with E-state index in [2.05, 4.69) is 29.7 Å². The lowest BCUT2D eigenvalue weighted by Crippen LogP contribution is -2.38. The summed E-state index contributed by atoms with van der Waals surface area (Å²) in [6.07, 6.45) is 8.57. The molecule has 0 aromatic rings. The SMILES string of the molecule is COCCNCC(C)NCCC1C=CCC1. The van der Waals surface area contributed by atoms with E-state index in [1.807, 2.05) is 0 Å². The number of allylic oxidation sites excluding steroid dienone is 2. The molecule has 2 N–H and O–H groups in total. The van der Waals surface area contributed by atoms with E-state index in [1.54, 1.807) is 7.11 Å². The van der Waals surface area contributed by atoms with Gasteiger partial charge in [-0.25, -0.2) is 0 Å².